The number of esters is 1. The highest BCUT2D eigenvalue weighted by molar-refractivity contribution is 6.14. The Kier molecular flexibility index (Phi) is 80.9. The highest BCUT2D eigenvalue weighted by Crippen LogP contribution is 2.20. The van der Waals surface area contributed by atoms with Gasteiger partial charge in [-0.25, -0.2) is 0 Å². The quantitative estimate of drug-likeness (QED) is 0.0356. The second kappa shape index (κ2) is 87.6. The van der Waals surface area contributed by atoms with E-state index >= 15 is 0 Å². The molecule has 0 spiro atoms. The molecule has 3 N–H and O–H groups in total. The standard InChI is InChI=1S/C84H149N5O36/c1-72(2)82(87-78(91)13-14-88(81(94)69-89-79(92)11-12-80(89)93)15-17-100-23-25-104-31-33-108-39-41-112-45-47-115-50-51-116-49-48-113-43-42-109-36-34-105-28-26-101-20-18-97-5)84(96)85-73(3)83(95)86-77-10-9-76(70-125-74(4)90)75(68-77)8-7-16-99-22-24-103-30-32-107-38-40-111-44-46-114-52-53-117-54-55-118-57-59-120-61-63-122-65-67-124-71-123-66-64-121-62-60-119-58-56-110-37-35-106-29-27-102-21-19-98-6/h9-12,68,72-73,82H,7-8,13-67,69-71H2,1-6H3,(H,85,96)(H,86,95)(H,87,91)/t73-,82-/m0/s1. The average Bonchev–Trinajstić information content (AvgIpc) is 1.84. The fraction of sp³-hybridized carbons (Fsp3) is 0.821. The molecular weight excluding hydrogens is 1650 g/mol. The lowest BCUT2D eigenvalue weighted by Crippen LogP contribution is -2.54. The third kappa shape index (κ3) is 72.8. The monoisotopic (exact) mass is 1800 g/mol. The Bertz CT molecular complexity index is 2740. The number of anilines is 1. The van der Waals surface area contributed by atoms with Gasteiger partial charge >= 0.3 is 5.97 Å². The summed E-state index contributed by atoms with van der Waals surface area (Å²) < 4.78 is 159. The van der Waals surface area contributed by atoms with Crippen LogP contribution >= 0.6 is 0 Å². The van der Waals surface area contributed by atoms with Gasteiger partial charge in [0.25, 0.3) is 11.8 Å². The number of nitrogens with one attached hydrogen (secondary N) is 3. The maximum absolute atomic E-state index is 13.7. The molecule has 0 aromatic heterocycles. The number of rotatable bonds is 97. The van der Waals surface area contributed by atoms with Crippen LogP contribution in [0, 0.1) is 5.92 Å². The predicted molar refractivity (Wildman–Crippen MR) is 450 cm³/mol. The van der Waals surface area contributed by atoms with Crippen LogP contribution in [0.4, 0.5) is 5.69 Å². The van der Waals surface area contributed by atoms with Crippen molar-refractivity contribution in [1.29, 1.82) is 0 Å². The summed E-state index contributed by atoms with van der Waals surface area (Å²) in [5.41, 5.74) is 1.99. The summed E-state index contributed by atoms with van der Waals surface area (Å²) in [6.45, 7) is 28.1. The van der Waals surface area contributed by atoms with Crippen molar-refractivity contribution < 1.29 is 171 Å². The van der Waals surface area contributed by atoms with Crippen LogP contribution in [0.2, 0.25) is 0 Å². The van der Waals surface area contributed by atoms with Gasteiger partial charge in [-0.1, -0.05) is 19.9 Å². The van der Waals surface area contributed by atoms with Gasteiger partial charge in [-0.05, 0) is 48.9 Å². The first-order chi connectivity index (χ1) is 61.3. The molecular formula is C84H149N5O36. The average molecular weight is 1810 g/mol. The predicted octanol–water partition coefficient (Wildman–Crippen LogP) is 1.09. The van der Waals surface area contributed by atoms with E-state index in [2.05, 4.69) is 16.0 Å². The molecule has 0 unspecified atom stereocenters. The number of carbonyl (C=O) groups excluding carboxylic acids is 7. The smallest absolute Gasteiger partial charge is 0.302 e. The second-order valence-electron chi connectivity index (χ2n) is 27.2. The zero-order valence-electron chi connectivity index (χ0n) is 75.1. The van der Waals surface area contributed by atoms with E-state index in [4.69, 9.17) is 137 Å². The molecule has 0 aliphatic carbocycles. The van der Waals surface area contributed by atoms with Gasteiger partial charge in [-0.15, -0.1) is 0 Å². The van der Waals surface area contributed by atoms with Gasteiger partial charge in [-0.3, -0.25) is 38.5 Å². The van der Waals surface area contributed by atoms with Crippen molar-refractivity contribution in [2.45, 2.75) is 65.6 Å². The molecule has 726 valence electrons. The van der Waals surface area contributed by atoms with Crippen molar-refractivity contribution in [2.24, 2.45) is 5.92 Å². The Morgan fingerprint density at radius 3 is 0.952 bits per heavy atom. The Hall–Kier alpha value is -5.67. The number of ether oxygens (including phenoxy) is 29. The SMILES string of the molecule is COCCOCCOCCOCCOCCOCCOCCOCCOCCOCCOCCN(CCC(=O)N[C@H](C(=O)N[C@@H](C)C(=O)Nc1ccc(COC(C)=O)c(CCCOCCOCCOCCOCCOCCOCCOCCOCCOCCOCOCCOCCOCCOCCOCCOCCOC)c1)C(C)C)C(=O)CN1C(=O)C=CC1=O. The molecule has 1 aliphatic heterocycles. The summed E-state index contributed by atoms with van der Waals surface area (Å²) in [6.07, 6.45) is 3.01. The third-order valence-corrected chi connectivity index (χ3v) is 16.9. The highest BCUT2D eigenvalue weighted by Gasteiger charge is 2.30. The second-order valence-corrected chi connectivity index (χ2v) is 27.2. The summed E-state index contributed by atoms with van der Waals surface area (Å²) in [4.78, 5) is 92.9. The van der Waals surface area contributed by atoms with Gasteiger partial charge in [-0.2, -0.15) is 0 Å². The minimum atomic E-state index is -1.07. The summed E-state index contributed by atoms with van der Waals surface area (Å²) in [5, 5.41) is 8.27. The molecule has 1 aromatic rings. The van der Waals surface area contributed by atoms with Gasteiger partial charge in [0.2, 0.25) is 23.6 Å². The fourth-order valence-corrected chi connectivity index (χ4v) is 10.2. The molecule has 1 aromatic carbocycles. The minimum absolute atomic E-state index is 0.00664. The van der Waals surface area contributed by atoms with E-state index in [1.54, 1.807) is 46.3 Å². The molecule has 1 aliphatic rings. The number of benzene rings is 1. The van der Waals surface area contributed by atoms with Crippen molar-refractivity contribution >= 4 is 47.1 Å². The van der Waals surface area contributed by atoms with Gasteiger partial charge < -0.3 is 158 Å². The summed E-state index contributed by atoms with van der Waals surface area (Å²) in [6, 6.07) is 3.07. The van der Waals surface area contributed by atoms with Crippen LogP contribution in [0.1, 0.15) is 51.7 Å². The van der Waals surface area contributed by atoms with Crippen LogP contribution < -0.4 is 16.0 Å². The molecule has 0 saturated carbocycles. The third-order valence-electron chi connectivity index (χ3n) is 16.9. The maximum Gasteiger partial charge on any atom is 0.302 e. The van der Waals surface area contributed by atoms with E-state index in [0.717, 1.165) is 28.2 Å². The van der Waals surface area contributed by atoms with Crippen molar-refractivity contribution in [1.82, 2.24) is 20.4 Å². The van der Waals surface area contributed by atoms with Crippen molar-refractivity contribution in [3.05, 3.63) is 41.5 Å². The lowest BCUT2D eigenvalue weighted by Gasteiger charge is -2.26. The van der Waals surface area contributed by atoms with Gasteiger partial charge in [0.15, 0.2) is 0 Å². The number of nitrogens with zero attached hydrogens (tertiary/aromatic N) is 2. The Labute approximate surface area is 738 Å². The van der Waals surface area contributed by atoms with E-state index in [1.165, 1.54) is 18.7 Å². The zero-order chi connectivity index (χ0) is 90.2. The molecule has 0 fully saturated rings. The van der Waals surface area contributed by atoms with Crippen LogP contribution in [0.15, 0.2) is 30.4 Å². The molecule has 2 rings (SSSR count). The lowest BCUT2D eigenvalue weighted by atomic mass is 10.0. The first-order valence-electron chi connectivity index (χ1n) is 43.2. The minimum Gasteiger partial charge on any atom is -0.461 e. The summed E-state index contributed by atoms with van der Waals surface area (Å²) >= 11 is 0. The topological polar surface area (TPSA) is 430 Å². The van der Waals surface area contributed by atoms with Crippen molar-refractivity contribution in [3.63, 3.8) is 0 Å². The van der Waals surface area contributed by atoms with Gasteiger partial charge in [0.1, 0.15) is 32.0 Å². The molecule has 125 heavy (non-hydrogen) atoms. The largest absolute Gasteiger partial charge is 0.461 e. The van der Waals surface area contributed by atoms with Crippen LogP contribution in [0.3, 0.4) is 0 Å². The van der Waals surface area contributed by atoms with Crippen LogP contribution in [0.5, 0.6) is 0 Å². The van der Waals surface area contributed by atoms with E-state index in [1.807, 2.05) is 0 Å². The first kappa shape index (κ1) is 115. The van der Waals surface area contributed by atoms with E-state index in [-0.39, 0.29) is 52.7 Å². The summed E-state index contributed by atoms with van der Waals surface area (Å²) in [5.74, 6) is -4.49. The molecule has 1 heterocycles. The van der Waals surface area contributed by atoms with E-state index in [0.29, 0.717) is 342 Å². The van der Waals surface area contributed by atoms with Gasteiger partial charge in [0, 0.05) is 65.1 Å². The molecule has 41 heteroatoms. The van der Waals surface area contributed by atoms with E-state index < -0.39 is 66.0 Å². The highest BCUT2D eigenvalue weighted by atomic mass is 16.7. The fourth-order valence-electron chi connectivity index (χ4n) is 10.2. The molecule has 41 nitrogen and oxygen atoms in total. The maximum atomic E-state index is 13.7. The molecule has 2 atom stereocenters. The van der Waals surface area contributed by atoms with E-state index in [9.17, 15) is 33.6 Å². The number of amides is 6. The number of methoxy groups -OCH3 is 2. The Morgan fingerprint density at radius 1 is 0.352 bits per heavy atom. The number of hydrogen-bond acceptors (Lipinski definition) is 36. The van der Waals surface area contributed by atoms with Crippen molar-refractivity contribution in [3.8, 4) is 0 Å². The number of hydrogen-bond donors (Lipinski definition) is 3. The van der Waals surface area contributed by atoms with Crippen LogP contribution in [-0.4, -0.2) is 448 Å². The van der Waals surface area contributed by atoms with Crippen LogP contribution in [-0.2, 0) is 184 Å². The molecule has 0 bridgehead atoms. The lowest BCUT2D eigenvalue weighted by molar-refractivity contribution is -0.145. The van der Waals surface area contributed by atoms with Gasteiger partial charge in [0.05, 0.1) is 337 Å². The van der Waals surface area contributed by atoms with Crippen molar-refractivity contribution in [2.75, 3.05) is 390 Å². The molecule has 6 amide bonds. The Balaban J connectivity index is 1.49. The molecule has 0 radical (unpaired) electrons. The number of aryl methyl sites for hydroxylation is 1. The van der Waals surface area contributed by atoms with Crippen LogP contribution in [0.25, 0.3) is 0 Å². The first-order valence-corrected chi connectivity index (χ1v) is 43.2. The molecule has 0 saturated heterocycles. The number of imide groups is 1. The Morgan fingerprint density at radius 2 is 0.648 bits per heavy atom. The normalized spacial score (nSPS) is 12.6. The number of carbonyl (C=O) groups is 7. The zero-order valence-corrected chi connectivity index (χ0v) is 75.1. The summed E-state index contributed by atoms with van der Waals surface area (Å²) in [7, 11) is 3.26.